The molecule has 2 aromatic heterocycles. The molecular formula is C20H21N5O2. The molecule has 0 unspecified atom stereocenters. The van der Waals surface area contributed by atoms with Crippen LogP contribution in [0.4, 0.5) is 11.5 Å². The number of nitrogens with one attached hydrogen (secondary N) is 1. The average molecular weight is 363 g/mol. The van der Waals surface area contributed by atoms with Crippen LogP contribution in [0.3, 0.4) is 0 Å². The van der Waals surface area contributed by atoms with Crippen molar-refractivity contribution in [2.24, 2.45) is 0 Å². The van der Waals surface area contributed by atoms with E-state index in [1.54, 1.807) is 17.1 Å². The Kier molecular flexibility index (Phi) is 4.74. The van der Waals surface area contributed by atoms with E-state index in [2.05, 4.69) is 20.3 Å². The van der Waals surface area contributed by atoms with Gasteiger partial charge in [0.25, 0.3) is 5.91 Å². The van der Waals surface area contributed by atoms with Crippen molar-refractivity contribution in [1.29, 1.82) is 0 Å². The number of anilines is 2. The molecule has 1 aromatic carbocycles. The lowest BCUT2D eigenvalue weighted by atomic mass is 10.3. The van der Waals surface area contributed by atoms with Gasteiger partial charge in [-0.15, -0.1) is 0 Å². The maximum absolute atomic E-state index is 12.9. The lowest BCUT2D eigenvalue weighted by Crippen LogP contribution is -2.22. The van der Waals surface area contributed by atoms with Crippen LogP contribution in [0.2, 0.25) is 0 Å². The molecule has 1 aliphatic rings. The van der Waals surface area contributed by atoms with E-state index in [4.69, 9.17) is 4.74 Å². The highest BCUT2D eigenvalue weighted by molar-refractivity contribution is 6.06. The second-order valence-electron chi connectivity index (χ2n) is 6.35. The minimum Gasteiger partial charge on any atom is -0.493 e. The Morgan fingerprint density at radius 1 is 1.11 bits per heavy atom. The summed E-state index contributed by atoms with van der Waals surface area (Å²) in [4.78, 5) is 19.5. The van der Waals surface area contributed by atoms with E-state index in [0.717, 1.165) is 37.4 Å². The van der Waals surface area contributed by atoms with Gasteiger partial charge in [-0.25, -0.2) is 9.67 Å². The predicted molar refractivity (Wildman–Crippen MR) is 104 cm³/mol. The van der Waals surface area contributed by atoms with Gasteiger partial charge in [0.2, 0.25) is 0 Å². The minimum atomic E-state index is -0.324. The SMILES string of the molecule is COc1cn(-c2ccccc2)nc1C(=O)Nc1cccnc1N1CCCC1. The fourth-order valence-electron chi connectivity index (χ4n) is 3.23. The van der Waals surface area contributed by atoms with Gasteiger partial charge in [0.15, 0.2) is 17.3 Å². The summed E-state index contributed by atoms with van der Waals surface area (Å²) in [7, 11) is 1.53. The quantitative estimate of drug-likeness (QED) is 0.754. The lowest BCUT2D eigenvalue weighted by Gasteiger charge is -2.19. The molecule has 0 atom stereocenters. The fraction of sp³-hybridized carbons (Fsp3) is 0.250. The summed E-state index contributed by atoms with van der Waals surface area (Å²) in [5.74, 6) is 0.891. The first-order valence-electron chi connectivity index (χ1n) is 8.96. The van der Waals surface area contributed by atoms with Crippen LogP contribution in [-0.2, 0) is 0 Å². The first-order valence-corrected chi connectivity index (χ1v) is 8.96. The zero-order valence-corrected chi connectivity index (χ0v) is 15.1. The topological polar surface area (TPSA) is 72.3 Å². The van der Waals surface area contributed by atoms with Crippen molar-refractivity contribution in [2.45, 2.75) is 12.8 Å². The number of hydrogen-bond donors (Lipinski definition) is 1. The Morgan fingerprint density at radius 3 is 2.63 bits per heavy atom. The standard InChI is InChI=1S/C20H21N5O2/c1-27-17-14-25(15-8-3-2-4-9-15)23-18(17)20(26)22-16-10-7-11-21-19(16)24-12-5-6-13-24/h2-4,7-11,14H,5-6,12-13H2,1H3,(H,22,26). The van der Waals surface area contributed by atoms with Gasteiger partial charge in [0.1, 0.15) is 0 Å². The number of para-hydroxylation sites is 1. The van der Waals surface area contributed by atoms with Crippen molar-refractivity contribution in [1.82, 2.24) is 14.8 Å². The molecule has 0 aliphatic carbocycles. The van der Waals surface area contributed by atoms with E-state index in [1.807, 2.05) is 42.5 Å². The zero-order chi connectivity index (χ0) is 18.6. The van der Waals surface area contributed by atoms with E-state index >= 15 is 0 Å². The number of rotatable bonds is 5. The van der Waals surface area contributed by atoms with E-state index < -0.39 is 0 Å². The summed E-state index contributed by atoms with van der Waals surface area (Å²) in [5, 5.41) is 7.36. The maximum Gasteiger partial charge on any atom is 0.280 e. The van der Waals surface area contributed by atoms with Crippen LogP contribution >= 0.6 is 0 Å². The molecule has 3 aromatic rings. The summed E-state index contributed by atoms with van der Waals surface area (Å²) in [6, 6.07) is 13.3. The molecule has 0 radical (unpaired) electrons. The second kappa shape index (κ2) is 7.49. The van der Waals surface area contributed by atoms with Crippen molar-refractivity contribution >= 4 is 17.4 Å². The third kappa shape index (κ3) is 3.48. The summed E-state index contributed by atoms with van der Waals surface area (Å²) < 4.78 is 7.00. The third-order valence-corrected chi connectivity index (χ3v) is 4.58. The first kappa shape index (κ1) is 17.1. The van der Waals surface area contributed by atoms with Crippen LogP contribution in [0.1, 0.15) is 23.3 Å². The molecule has 1 amide bonds. The molecule has 0 bridgehead atoms. The molecule has 1 fully saturated rings. The first-order chi connectivity index (χ1) is 13.3. The molecule has 3 heterocycles. The molecule has 1 N–H and O–H groups in total. The Bertz CT molecular complexity index is 933. The highest BCUT2D eigenvalue weighted by atomic mass is 16.5. The van der Waals surface area contributed by atoms with E-state index in [1.165, 1.54) is 7.11 Å². The Balaban J connectivity index is 1.62. The van der Waals surface area contributed by atoms with Gasteiger partial charge in [0.05, 0.1) is 24.7 Å². The van der Waals surface area contributed by atoms with Gasteiger partial charge in [-0.3, -0.25) is 4.79 Å². The Hall–Kier alpha value is -3.35. The van der Waals surface area contributed by atoms with Gasteiger partial charge in [-0.1, -0.05) is 18.2 Å². The van der Waals surface area contributed by atoms with E-state index in [9.17, 15) is 4.79 Å². The van der Waals surface area contributed by atoms with Crippen molar-refractivity contribution in [3.8, 4) is 11.4 Å². The highest BCUT2D eigenvalue weighted by Gasteiger charge is 2.22. The average Bonchev–Trinajstić information content (AvgIpc) is 3.39. The van der Waals surface area contributed by atoms with Gasteiger partial charge in [0, 0.05) is 19.3 Å². The lowest BCUT2D eigenvalue weighted by molar-refractivity contribution is 0.101. The largest absolute Gasteiger partial charge is 0.493 e. The molecule has 138 valence electrons. The molecular weight excluding hydrogens is 342 g/mol. The molecule has 7 nitrogen and oxygen atoms in total. The fourth-order valence-corrected chi connectivity index (χ4v) is 3.23. The van der Waals surface area contributed by atoms with Gasteiger partial charge in [-0.2, -0.15) is 5.10 Å². The van der Waals surface area contributed by atoms with Crippen LogP contribution in [0.25, 0.3) is 5.69 Å². The number of ether oxygens (including phenoxy) is 1. The monoisotopic (exact) mass is 363 g/mol. The van der Waals surface area contributed by atoms with Gasteiger partial charge < -0.3 is 15.0 Å². The predicted octanol–water partition coefficient (Wildman–Crippen LogP) is 3.13. The minimum absolute atomic E-state index is 0.234. The number of methoxy groups -OCH3 is 1. The smallest absolute Gasteiger partial charge is 0.280 e. The molecule has 1 saturated heterocycles. The Morgan fingerprint density at radius 2 is 1.89 bits per heavy atom. The molecule has 7 heteroatoms. The molecule has 0 spiro atoms. The van der Waals surface area contributed by atoms with Crippen molar-refractivity contribution in [2.75, 3.05) is 30.4 Å². The number of carbonyl (C=O) groups is 1. The number of pyridine rings is 1. The molecule has 0 saturated carbocycles. The Labute approximate surface area is 157 Å². The van der Waals surface area contributed by atoms with Crippen LogP contribution in [0, 0.1) is 0 Å². The molecule has 4 rings (SSSR count). The molecule has 1 aliphatic heterocycles. The van der Waals surface area contributed by atoms with Crippen molar-refractivity contribution in [3.63, 3.8) is 0 Å². The number of benzene rings is 1. The van der Waals surface area contributed by atoms with Crippen molar-refractivity contribution < 1.29 is 9.53 Å². The molecule has 27 heavy (non-hydrogen) atoms. The highest BCUT2D eigenvalue weighted by Crippen LogP contribution is 2.27. The maximum atomic E-state index is 12.9. The third-order valence-electron chi connectivity index (χ3n) is 4.58. The number of carbonyl (C=O) groups excluding carboxylic acids is 1. The normalized spacial score (nSPS) is 13.6. The summed E-state index contributed by atoms with van der Waals surface area (Å²) in [6.45, 7) is 1.90. The van der Waals surface area contributed by atoms with E-state index in [-0.39, 0.29) is 11.6 Å². The van der Waals surface area contributed by atoms with Crippen LogP contribution in [0.15, 0.2) is 54.9 Å². The van der Waals surface area contributed by atoms with Crippen molar-refractivity contribution in [3.05, 3.63) is 60.6 Å². The zero-order valence-electron chi connectivity index (χ0n) is 15.1. The number of amides is 1. The van der Waals surface area contributed by atoms with E-state index in [0.29, 0.717) is 11.4 Å². The summed E-state index contributed by atoms with van der Waals surface area (Å²) in [5.41, 5.74) is 1.77. The number of aromatic nitrogens is 3. The second-order valence-corrected chi connectivity index (χ2v) is 6.35. The summed E-state index contributed by atoms with van der Waals surface area (Å²) >= 11 is 0. The number of hydrogen-bond acceptors (Lipinski definition) is 5. The van der Waals surface area contributed by atoms with Crippen LogP contribution < -0.4 is 15.0 Å². The van der Waals surface area contributed by atoms with Crippen LogP contribution in [0.5, 0.6) is 5.75 Å². The van der Waals surface area contributed by atoms with Gasteiger partial charge in [-0.05, 0) is 37.1 Å². The summed E-state index contributed by atoms with van der Waals surface area (Å²) in [6.07, 6.45) is 5.72. The van der Waals surface area contributed by atoms with Crippen LogP contribution in [-0.4, -0.2) is 40.9 Å². The number of nitrogens with zero attached hydrogens (tertiary/aromatic N) is 4. The van der Waals surface area contributed by atoms with Gasteiger partial charge >= 0.3 is 0 Å².